The van der Waals surface area contributed by atoms with Gasteiger partial charge >= 0.3 is 0 Å². The normalized spacial score (nSPS) is 28.0. The summed E-state index contributed by atoms with van der Waals surface area (Å²) in [5, 5.41) is 0. The number of para-hydroxylation sites is 2. The molecular weight excluding hydrogens is 268 g/mol. The second-order valence-electron chi connectivity index (χ2n) is 6.00. The molecule has 112 valence electrons. The third-order valence-electron chi connectivity index (χ3n) is 4.46. The van der Waals surface area contributed by atoms with Crippen LogP contribution in [0.5, 0.6) is 5.75 Å². The maximum Gasteiger partial charge on any atom is 0.233 e. The fourth-order valence-corrected chi connectivity index (χ4v) is 3.43. The highest BCUT2D eigenvalue weighted by Gasteiger charge is 2.51. The van der Waals surface area contributed by atoms with E-state index in [9.17, 15) is 9.59 Å². The number of nitrogen functional groups attached to an aromatic ring is 1. The van der Waals surface area contributed by atoms with Crippen molar-refractivity contribution in [1.29, 1.82) is 0 Å². The average Bonchev–Trinajstić information content (AvgIpc) is 2.94. The number of fused-ring (bicyclic) bond motifs is 1. The molecule has 21 heavy (non-hydrogen) atoms. The van der Waals surface area contributed by atoms with E-state index in [1.54, 1.807) is 12.1 Å². The Morgan fingerprint density at radius 2 is 1.81 bits per heavy atom. The molecule has 2 unspecified atom stereocenters. The maximum absolute atomic E-state index is 12.3. The van der Waals surface area contributed by atoms with Crippen molar-refractivity contribution < 1.29 is 14.3 Å². The topological polar surface area (TPSA) is 72.6 Å². The lowest BCUT2D eigenvalue weighted by atomic mass is 10.00. The van der Waals surface area contributed by atoms with Crippen LogP contribution in [0, 0.1) is 17.8 Å². The molecule has 5 nitrogen and oxygen atoms in total. The number of imide groups is 1. The number of rotatable bonds is 4. The van der Waals surface area contributed by atoms with E-state index in [1.165, 1.54) is 4.90 Å². The number of ether oxygens (including phenoxy) is 1. The molecule has 0 radical (unpaired) electrons. The highest BCUT2D eigenvalue weighted by atomic mass is 16.5. The minimum absolute atomic E-state index is 0.0287. The van der Waals surface area contributed by atoms with E-state index in [2.05, 4.69) is 6.92 Å². The Labute approximate surface area is 124 Å². The molecule has 0 aromatic heterocycles. The summed E-state index contributed by atoms with van der Waals surface area (Å²) in [5.74, 6) is 0.794. The molecule has 2 fully saturated rings. The first-order chi connectivity index (χ1) is 10.1. The number of nitrogens with zero attached hydrogens (tertiary/aromatic N) is 1. The van der Waals surface area contributed by atoms with Crippen LogP contribution in [-0.2, 0) is 9.59 Å². The first-order valence-electron chi connectivity index (χ1n) is 7.40. The molecular formula is C16H20N2O3. The van der Waals surface area contributed by atoms with Crippen LogP contribution < -0.4 is 10.5 Å². The number of nitrogens with two attached hydrogens (primary N) is 1. The van der Waals surface area contributed by atoms with E-state index >= 15 is 0 Å². The van der Waals surface area contributed by atoms with E-state index < -0.39 is 0 Å². The van der Waals surface area contributed by atoms with Gasteiger partial charge in [0.05, 0.1) is 24.1 Å². The quantitative estimate of drug-likeness (QED) is 0.676. The highest BCUT2D eigenvalue weighted by molar-refractivity contribution is 6.05. The third kappa shape index (κ3) is 2.48. The van der Waals surface area contributed by atoms with Crippen LogP contribution in [0.25, 0.3) is 0 Å². The number of anilines is 1. The van der Waals surface area contributed by atoms with Crippen molar-refractivity contribution in [2.45, 2.75) is 19.8 Å². The molecule has 1 aliphatic heterocycles. The van der Waals surface area contributed by atoms with Crippen molar-refractivity contribution in [2.24, 2.45) is 17.8 Å². The minimum Gasteiger partial charge on any atom is -0.490 e. The molecule has 3 rings (SSSR count). The zero-order valence-corrected chi connectivity index (χ0v) is 12.1. The molecule has 2 N–H and O–H groups in total. The minimum atomic E-state index is -0.103. The van der Waals surface area contributed by atoms with Crippen molar-refractivity contribution in [1.82, 2.24) is 4.90 Å². The fourth-order valence-electron chi connectivity index (χ4n) is 3.43. The van der Waals surface area contributed by atoms with Crippen LogP contribution >= 0.6 is 0 Å². The van der Waals surface area contributed by atoms with Gasteiger partial charge in [0.2, 0.25) is 11.8 Å². The molecule has 2 amide bonds. The number of carbonyl (C=O) groups is 2. The smallest absolute Gasteiger partial charge is 0.233 e. The molecule has 1 aliphatic carbocycles. The number of hydrogen-bond acceptors (Lipinski definition) is 4. The Morgan fingerprint density at radius 1 is 1.19 bits per heavy atom. The van der Waals surface area contributed by atoms with Gasteiger partial charge in [0.15, 0.2) is 0 Å². The Morgan fingerprint density at radius 3 is 2.43 bits per heavy atom. The van der Waals surface area contributed by atoms with Crippen molar-refractivity contribution in [3.05, 3.63) is 24.3 Å². The first kappa shape index (κ1) is 13.9. The zero-order valence-electron chi connectivity index (χ0n) is 12.1. The van der Waals surface area contributed by atoms with Crippen LogP contribution in [0.3, 0.4) is 0 Å². The molecule has 1 saturated heterocycles. The summed E-state index contributed by atoms with van der Waals surface area (Å²) in [7, 11) is 0. The molecule has 1 heterocycles. The zero-order chi connectivity index (χ0) is 15.0. The molecule has 1 saturated carbocycles. The van der Waals surface area contributed by atoms with Crippen molar-refractivity contribution >= 4 is 17.5 Å². The third-order valence-corrected chi connectivity index (χ3v) is 4.46. The molecule has 2 atom stereocenters. The molecule has 5 heteroatoms. The largest absolute Gasteiger partial charge is 0.490 e. The standard InChI is InChI=1S/C16H20N2O3/c1-10-8-11-12(9-10)16(20)18(15(11)19)6-7-21-14-5-3-2-4-13(14)17/h2-5,10-12H,6-9,17H2,1H3. The summed E-state index contributed by atoms with van der Waals surface area (Å²) in [4.78, 5) is 25.9. The van der Waals surface area contributed by atoms with Gasteiger partial charge in [0.25, 0.3) is 0 Å². The van der Waals surface area contributed by atoms with E-state index in [4.69, 9.17) is 10.5 Å². The van der Waals surface area contributed by atoms with Gasteiger partial charge in [-0.25, -0.2) is 0 Å². The summed E-state index contributed by atoms with van der Waals surface area (Å²) >= 11 is 0. The Bertz CT molecular complexity index is 548. The summed E-state index contributed by atoms with van der Waals surface area (Å²) in [6.45, 7) is 2.68. The number of carbonyl (C=O) groups excluding carboxylic acids is 2. The number of benzene rings is 1. The summed E-state index contributed by atoms with van der Waals surface area (Å²) < 4.78 is 5.57. The number of hydrogen-bond donors (Lipinski definition) is 1. The molecule has 0 bridgehead atoms. The van der Waals surface area contributed by atoms with Crippen molar-refractivity contribution in [3.8, 4) is 5.75 Å². The second-order valence-corrected chi connectivity index (χ2v) is 6.00. The Hall–Kier alpha value is -2.04. The lowest BCUT2D eigenvalue weighted by Crippen LogP contribution is -2.35. The summed E-state index contributed by atoms with van der Waals surface area (Å²) in [6, 6.07) is 7.20. The summed E-state index contributed by atoms with van der Waals surface area (Å²) in [5.41, 5.74) is 6.34. The van der Waals surface area contributed by atoms with Gasteiger partial charge in [-0.15, -0.1) is 0 Å². The Kier molecular flexibility index (Phi) is 3.57. The van der Waals surface area contributed by atoms with Gasteiger partial charge in [0, 0.05) is 0 Å². The van der Waals surface area contributed by atoms with E-state index in [1.807, 2.05) is 12.1 Å². The predicted molar refractivity (Wildman–Crippen MR) is 78.4 cm³/mol. The average molecular weight is 288 g/mol. The molecule has 0 spiro atoms. The van der Waals surface area contributed by atoms with Crippen molar-refractivity contribution in [3.63, 3.8) is 0 Å². The monoisotopic (exact) mass is 288 g/mol. The van der Waals surface area contributed by atoms with E-state index in [-0.39, 0.29) is 30.3 Å². The lowest BCUT2D eigenvalue weighted by molar-refractivity contribution is -0.140. The van der Waals surface area contributed by atoms with Gasteiger partial charge in [-0.1, -0.05) is 19.1 Å². The van der Waals surface area contributed by atoms with Gasteiger partial charge in [-0.05, 0) is 30.9 Å². The second kappa shape index (κ2) is 5.39. The molecule has 2 aliphatic rings. The van der Waals surface area contributed by atoms with Gasteiger partial charge in [-0.2, -0.15) is 0 Å². The van der Waals surface area contributed by atoms with Crippen LogP contribution in [-0.4, -0.2) is 29.9 Å². The summed E-state index contributed by atoms with van der Waals surface area (Å²) in [6.07, 6.45) is 1.66. The van der Waals surface area contributed by atoms with Crippen LogP contribution in [0.1, 0.15) is 19.8 Å². The predicted octanol–water partition coefficient (Wildman–Crippen LogP) is 1.68. The van der Waals surface area contributed by atoms with Gasteiger partial charge in [-0.3, -0.25) is 14.5 Å². The SMILES string of the molecule is CC1CC2C(=O)N(CCOc3ccccc3N)C(=O)C2C1. The van der Waals surface area contributed by atoms with Crippen molar-refractivity contribution in [2.75, 3.05) is 18.9 Å². The van der Waals surface area contributed by atoms with Crippen LogP contribution in [0.4, 0.5) is 5.69 Å². The lowest BCUT2D eigenvalue weighted by Gasteiger charge is -2.17. The van der Waals surface area contributed by atoms with Gasteiger partial charge < -0.3 is 10.5 Å². The fraction of sp³-hybridized carbons (Fsp3) is 0.500. The number of likely N-dealkylation sites (tertiary alicyclic amines) is 1. The van der Waals surface area contributed by atoms with E-state index in [0.717, 1.165) is 12.8 Å². The van der Waals surface area contributed by atoms with Crippen LogP contribution in [0.15, 0.2) is 24.3 Å². The maximum atomic E-state index is 12.3. The molecule has 1 aromatic rings. The van der Waals surface area contributed by atoms with Gasteiger partial charge in [0.1, 0.15) is 12.4 Å². The first-order valence-corrected chi connectivity index (χ1v) is 7.40. The number of amides is 2. The Balaban J connectivity index is 1.58. The highest BCUT2D eigenvalue weighted by Crippen LogP contribution is 2.42. The van der Waals surface area contributed by atoms with Crippen LogP contribution in [0.2, 0.25) is 0 Å². The molecule has 1 aromatic carbocycles. The van der Waals surface area contributed by atoms with E-state index in [0.29, 0.717) is 23.9 Å².